The summed E-state index contributed by atoms with van der Waals surface area (Å²) >= 11 is 0. The fraction of sp³-hybridized carbons (Fsp3) is 0.0833. The summed E-state index contributed by atoms with van der Waals surface area (Å²) in [5, 5.41) is 11.5. The molecule has 0 bridgehead atoms. The molecule has 92 valence electrons. The van der Waals surface area contributed by atoms with Crippen LogP contribution in [0.25, 0.3) is 0 Å². The third-order valence-corrected chi connectivity index (χ3v) is 2.36. The van der Waals surface area contributed by atoms with Gasteiger partial charge in [0.1, 0.15) is 0 Å². The van der Waals surface area contributed by atoms with Crippen molar-refractivity contribution in [1.82, 2.24) is 10.2 Å². The number of H-pyrrole nitrogens is 1. The summed E-state index contributed by atoms with van der Waals surface area (Å²) in [6.07, 6.45) is 0. The van der Waals surface area contributed by atoms with Crippen molar-refractivity contribution >= 4 is 17.4 Å². The quantitative estimate of drug-likeness (QED) is 0.753. The zero-order valence-corrected chi connectivity index (χ0v) is 9.73. The summed E-state index contributed by atoms with van der Waals surface area (Å²) in [5.74, 6) is 0.00463. The highest BCUT2D eigenvalue weighted by atomic mass is 16.2. The first-order valence-corrected chi connectivity index (χ1v) is 5.34. The number of carbonyl (C=O) groups excluding carboxylic acids is 1. The first-order chi connectivity index (χ1) is 8.70. The first kappa shape index (κ1) is 11.8. The van der Waals surface area contributed by atoms with Crippen molar-refractivity contribution in [3.05, 3.63) is 52.3 Å². The molecule has 0 saturated carbocycles. The molecule has 0 aliphatic carbocycles. The van der Waals surface area contributed by atoms with Crippen LogP contribution in [-0.4, -0.2) is 23.2 Å². The number of amides is 1. The van der Waals surface area contributed by atoms with Gasteiger partial charge in [-0.05, 0) is 18.2 Å². The Kier molecular flexibility index (Phi) is 3.38. The van der Waals surface area contributed by atoms with E-state index in [1.807, 2.05) is 6.07 Å². The second-order valence-corrected chi connectivity index (χ2v) is 3.56. The van der Waals surface area contributed by atoms with E-state index in [0.29, 0.717) is 11.4 Å². The van der Waals surface area contributed by atoms with Crippen LogP contribution in [0.2, 0.25) is 0 Å². The Morgan fingerprint density at radius 1 is 1.22 bits per heavy atom. The number of anilines is 2. The van der Waals surface area contributed by atoms with Crippen molar-refractivity contribution in [1.29, 1.82) is 0 Å². The average Bonchev–Trinajstić information content (AvgIpc) is 2.41. The van der Waals surface area contributed by atoms with Crippen molar-refractivity contribution < 1.29 is 4.79 Å². The molecule has 0 radical (unpaired) electrons. The molecule has 0 fully saturated rings. The van der Waals surface area contributed by atoms with E-state index in [0.717, 1.165) is 5.69 Å². The normalized spacial score (nSPS) is 9.83. The van der Waals surface area contributed by atoms with Crippen molar-refractivity contribution in [2.75, 3.05) is 17.7 Å². The van der Waals surface area contributed by atoms with Gasteiger partial charge in [0.2, 0.25) is 0 Å². The number of rotatable bonds is 3. The highest BCUT2D eigenvalue weighted by Gasteiger charge is 2.10. The molecule has 0 aliphatic rings. The van der Waals surface area contributed by atoms with Gasteiger partial charge in [0, 0.05) is 18.8 Å². The molecule has 2 rings (SSSR count). The van der Waals surface area contributed by atoms with Crippen LogP contribution in [0, 0.1) is 0 Å². The van der Waals surface area contributed by atoms with Gasteiger partial charge in [-0.15, -0.1) is 0 Å². The maximum atomic E-state index is 12.0. The lowest BCUT2D eigenvalue weighted by atomic mass is 10.1. The molecule has 18 heavy (non-hydrogen) atoms. The predicted octanol–water partition coefficient (Wildman–Crippen LogP) is 1.06. The Morgan fingerprint density at radius 2 is 2.00 bits per heavy atom. The molecule has 1 aromatic heterocycles. The number of aromatic nitrogens is 2. The zero-order chi connectivity index (χ0) is 13.0. The molecule has 6 nitrogen and oxygen atoms in total. The fourth-order valence-electron chi connectivity index (χ4n) is 1.50. The second-order valence-electron chi connectivity index (χ2n) is 3.56. The molecule has 0 saturated heterocycles. The van der Waals surface area contributed by atoms with Crippen molar-refractivity contribution in [3.63, 3.8) is 0 Å². The van der Waals surface area contributed by atoms with Crippen LogP contribution in [0.4, 0.5) is 11.5 Å². The van der Waals surface area contributed by atoms with Gasteiger partial charge in [0.05, 0.1) is 5.56 Å². The third kappa shape index (κ3) is 2.54. The summed E-state index contributed by atoms with van der Waals surface area (Å²) < 4.78 is 0. The van der Waals surface area contributed by atoms with Gasteiger partial charge in [-0.1, -0.05) is 12.1 Å². The number of aromatic amines is 1. The largest absolute Gasteiger partial charge is 0.387 e. The van der Waals surface area contributed by atoms with Crippen LogP contribution < -0.4 is 16.2 Å². The van der Waals surface area contributed by atoms with Crippen LogP contribution >= 0.6 is 0 Å². The summed E-state index contributed by atoms with van der Waals surface area (Å²) in [4.78, 5) is 22.8. The first-order valence-electron chi connectivity index (χ1n) is 5.34. The molecular weight excluding hydrogens is 232 g/mol. The number of hydrogen-bond acceptors (Lipinski definition) is 4. The molecular formula is C12H12N4O2. The Bertz CT molecular complexity index is 601. The van der Waals surface area contributed by atoms with E-state index < -0.39 is 0 Å². The molecule has 0 spiro atoms. The summed E-state index contributed by atoms with van der Waals surface area (Å²) in [6, 6.07) is 9.85. The van der Waals surface area contributed by atoms with Crippen molar-refractivity contribution in [2.45, 2.75) is 0 Å². The number of nitrogens with zero attached hydrogens (tertiary/aromatic N) is 1. The monoisotopic (exact) mass is 244 g/mol. The van der Waals surface area contributed by atoms with E-state index in [-0.39, 0.29) is 11.5 Å². The topological polar surface area (TPSA) is 86.9 Å². The Labute approximate surface area is 103 Å². The van der Waals surface area contributed by atoms with Gasteiger partial charge < -0.3 is 10.6 Å². The van der Waals surface area contributed by atoms with Crippen molar-refractivity contribution in [3.8, 4) is 0 Å². The third-order valence-electron chi connectivity index (χ3n) is 2.36. The van der Waals surface area contributed by atoms with Gasteiger partial charge in [-0.25, -0.2) is 5.10 Å². The molecule has 0 atom stereocenters. The highest BCUT2D eigenvalue weighted by Crippen LogP contribution is 2.15. The predicted molar refractivity (Wildman–Crippen MR) is 68.8 cm³/mol. The minimum absolute atomic E-state index is 0.292. The smallest absolute Gasteiger partial charge is 0.264 e. The van der Waals surface area contributed by atoms with E-state index in [1.165, 1.54) is 12.1 Å². The maximum absolute atomic E-state index is 12.0. The Balaban J connectivity index is 2.21. The Hall–Kier alpha value is -2.63. The van der Waals surface area contributed by atoms with Gasteiger partial charge in [-0.3, -0.25) is 9.59 Å². The standard InChI is InChI=1S/C12H12N4O2/c1-13-9-5-3-2-4-8(9)12(18)14-10-6-7-11(17)16-15-10/h2-7,13H,1H3,(H,16,17)(H,14,15,18). The molecule has 6 heteroatoms. The number of carbonyl (C=O) groups is 1. The number of nitrogens with one attached hydrogen (secondary N) is 3. The van der Waals surface area contributed by atoms with Gasteiger partial charge in [0.25, 0.3) is 11.5 Å². The van der Waals surface area contributed by atoms with Crippen LogP contribution in [0.5, 0.6) is 0 Å². The molecule has 1 aromatic carbocycles. The van der Waals surface area contributed by atoms with Crippen molar-refractivity contribution in [2.24, 2.45) is 0 Å². The molecule has 3 N–H and O–H groups in total. The van der Waals surface area contributed by atoms with Crippen LogP contribution in [0.1, 0.15) is 10.4 Å². The number of para-hydroxylation sites is 1. The van der Waals surface area contributed by atoms with Gasteiger partial charge >= 0.3 is 0 Å². The summed E-state index contributed by atoms with van der Waals surface area (Å²) in [6.45, 7) is 0. The molecule has 2 aromatic rings. The van der Waals surface area contributed by atoms with Crippen LogP contribution in [-0.2, 0) is 0 Å². The van der Waals surface area contributed by atoms with E-state index in [4.69, 9.17) is 0 Å². The number of hydrogen-bond donors (Lipinski definition) is 3. The SMILES string of the molecule is CNc1ccccc1C(=O)Nc1ccc(=O)[nH]n1. The second kappa shape index (κ2) is 5.13. The summed E-state index contributed by atoms with van der Waals surface area (Å²) in [7, 11) is 1.74. The van der Waals surface area contributed by atoms with Crippen LogP contribution in [0.3, 0.4) is 0 Å². The van der Waals surface area contributed by atoms with E-state index in [2.05, 4.69) is 20.8 Å². The van der Waals surface area contributed by atoms with Gasteiger partial charge in [-0.2, -0.15) is 5.10 Å². The Morgan fingerprint density at radius 3 is 2.67 bits per heavy atom. The summed E-state index contributed by atoms with van der Waals surface area (Å²) in [5.41, 5.74) is 0.913. The lowest BCUT2D eigenvalue weighted by Gasteiger charge is -2.08. The van der Waals surface area contributed by atoms with E-state index in [9.17, 15) is 9.59 Å². The van der Waals surface area contributed by atoms with E-state index >= 15 is 0 Å². The fourth-order valence-corrected chi connectivity index (χ4v) is 1.50. The highest BCUT2D eigenvalue weighted by molar-refractivity contribution is 6.07. The molecule has 0 aliphatic heterocycles. The minimum Gasteiger partial charge on any atom is -0.387 e. The lowest BCUT2D eigenvalue weighted by molar-refractivity contribution is 0.102. The molecule has 0 unspecified atom stereocenters. The zero-order valence-electron chi connectivity index (χ0n) is 9.73. The van der Waals surface area contributed by atoms with E-state index in [1.54, 1.807) is 25.2 Å². The maximum Gasteiger partial charge on any atom is 0.264 e. The average molecular weight is 244 g/mol. The lowest BCUT2D eigenvalue weighted by Crippen LogP contribution is -2.16. The van der Waals surface area contributed by atoms with Gasteiger partial charge in [0.15, 0.2) is 5.82 Å². The number of benzene rings is 1. The van der Waals surface area contributed by atoms with Crippen LogP contribution in [0.15, 0.2) is 41.2 Å². The minimum atomic E-state index is -0.316. The molecule has 1 amide bonds. The molecule has 1 heterocycles.